The number of rotatable bonds is 4. The Bertz CT molecular complexity index is 239. The lowest BCUT2D eigenvalue weighted by atomic mass is 9.89. The van der Waals surface area contributed by atoms with Crippen LogP contribution in [-0.2, 0) is 14.6 Å². The van der Waals surface area contributed by atoms with Gasteiger partial charge >= 0.3 is 10.4 Å². The van der Waals surface area contributed by atoms with Crippen LogP contribution in [0.15, 0.2) is 0 Å². The molecule has 0 bridgehead atoms. The largest absolute Gasteiger partial charge is 0.412 e. The van der Waals surface area contributed by atoms with Crippen LogP contribution < -0.4 is 0 Å². The minimum atomic E-state index is -4.29. The van der Waals surface area contributed by atoms with Gasteiger partial charge in [0.2, 0.25) is 0 Å². The summed E-state index contributed by atoms with van der Waals surface area (Å²) in [5.74, 6) is 0. The van der Waals surface area contributed by atoms with Gasteiger partial charge in [0, 0.05) is 0 Å². The Morgan fingerprint density at radius 2 is 1.79 bits per heavy atom. The minimum Gasteiger partial charge on any atom is -0.412 e. The summed E-state index contributed by atoms with van der Waals surface area (Å²) in [7, 11) is -4.29. The van der Waals surface area contributed by atoms with Crippen molar-refractivity contribution >= 4 is 10.4 Å². The van der Waals surface area contributed by atoms with Crippen LogP contribution in [0.1, 0.15) is 40.5 Å². The van der Waals surface area contributed by atoms with Crippen molar-refractivity contribution in [2.24, 2.45) is 5.41 Å². The lowest BCUT2D eigenvalue weighted by Gasteiger charge is -2.19. The van der Waals surface area contributed by atoms with Crippen LogP contribution in [0.5, 0.6) is 0 Å². The van der Waals surface area contributed by atoms with Crippen molar-refractivity contribution in [3.8, 4) is 0 Å². The molecule has 0 aromatic heterocycles. The van der Waals surface area contributed by atoms with Crippen molar-refractivity contribution in [1.29, 1.82) is 0 Å². The summed E-state index contributed by atoms with van der Waals surface area (Å²) in [6, 6.07) is 0. The third-order valence-corrected chi connectivity index (χ3v) is 2.16. The van der Waals surface area contributed by atoms with Crippen LogP contribution >= 0.6 is 0 Å². The fourth-order valence-corrected chi connectivity index (χ4v) is 1.40. The van der Waals surface area contributed by atoms with Crippen LogP contribution in [-0.4, -0.2) is 24.6 Å². The molecule has 88 valence electrons. The zero-order valence-corrected chi connectivity index (χ0v) is 9.89. The highest BCUT2D eigenvalue weighted by Crippen LogP contribution is 2.22. The van der Waals surface area contributed by atoms with Crippen molar-refractivity contribution < 1.29 is 22.6 Å². The van der Waals surface area contributed by atoms with Gasteiger partial charge in [0.1, 0.15) is 0 Å². The van der Waals surface area contributed by atoms with Crippen molar-refractivity contribution in [2.45, 2.75) is 46.6 Å². The van der Waals surface area contributed by atoms with Gasteiger partial charge in [0.25, 0.3) is 0 Å². The average Bonchev–Trinajstić information content (AvgIpc) is 1.78. The maximum absolute atomic E-state index is 10.3. The SMILES string of the molecule is CC(CCC(C)(C)C)OS(=O)(=O)O.O. The summed E-state index contributed by atoms with van der Waals surface area (Å²) < 4.78 is 33.3. The maximum atomic E-state index is 10.3. The van der Waals surface area contributed by atoms with Gasteiger partial charge in [-0.1, -0.05) is 20.8 Å². The van der Waals surface area contributed by atoms with Crippen LogP contribution in [0.2, 0.25) is 0 Å². The molecular formula is C8H20O5S. The Balaban J connectivity index is 0. The highest BCUT2D eigenvalue weighted by Gasteiger charge is 2.16. The molecule has 1 unspecified atom stereocenters. The minimum absolute atomic E-state index is 0. The fraction of sp³-hybridized carbons (Fsp3) is 1.00. The highest BCUT2D eigenvalue weighted by molar-refractivity contribution is 7.80. The molecule has 0 saturated carbocycles. The van der Waals surface area contributed by atoms with Crippen molar-refractivity contribution in [3.63, 3.8) is 0 Å². The summed E-state index contributed by atoms with van der Waals surface area (Å²) in [4.78, 5) is 0. The standard InChI is InChI=1S/C8H18O4S.H2O/c1-7(12-13(9,10)11)5-6-8(2,3)4;/h7H,5-6H2,1-4H3,(H,9,10,11);1H2. The summed E-state index contributed by atoms with van der Waals surface area (Å²) in [6.07, 6.45) is 1.00. The third-order valence-electron chi connectivity index (χ3n) is 1.59. The number of hydrogen-bond acceptors (Lipinski definition) is 3. The van der Waals surface area contributed by atoms with Crippen LogP contribution in [0.25, 0.3) is 0 Å². The van der Waals surface area contributed by atoms with Gasteiger partial charge in [0.15, 0.2) is 0 Å². The lowest BCUT2D eigenvalue weighted by Crippen LogP contribution is -2.17. The molecule has 0 aliphatic carbocycles. The summed E-state index contributed by atoms with van der Waals surface area (Å²) in [5, 5.41) is 0. The van der Waals surface area contributed by atoms with E-state index in [-0.39, 0.29) is 10.9 Å². The van der Waals surface area contributed by atoms with E-state index >= 15 is 0 Å². The molecule has 0 fully saturated rings. The topological polar surface area (TPSA) is 95.1 Å². The highest BCUT2D eigenvalue weighted by atomic mass is 32.3. The Kier molecular flexibility index (Phi) is 6.56. The van der Waals surface area contributed by atoms with E-state index in [0.717, 1.165) is 6.42 Å². The molecule has 3 N–H and O–H groups in total. The lowest BCUT2D eigenvalue weighted by molar-refractivity contribution is 0.170. The van der Waals surface area contributed by atoms with Crippen LogP contribution in [0.4, 0.5) is 0 Å². The first-order valence-electron chi connectivity index (χ1n) is 4.26. The van der Waals surface area contributed by atoms with E-state index in [1.54, 1.807) is 6.92 Å². The van der Waals surface area contributed by atoms with E-state index in [9.17, 15) is 8.42 Å². The Labute approximate surface area is 85.7 Å². The van der Waals surface area contributed by atoms with Gasteiger partial charge in [-0.25, -0.2) is 4.18 Å². The summed E-state index contributed by atoms with van der Waals surface area (Å²) in [6.45, 7) is 7.81. The third kappa shape index (κ3) is 11.8. The quantitative estimate of drug-likeness (QED) is 0.731. The van der Waals surface area contributed by atoms with Gasteiger partial charge in [-0.3, -0.25) is 4.55 Å². The molecule has 0 spiro atoms. The smallest absolute Gasteiger partial charge is 0.397 e. The first-order chi connectivity index (χ1) is 5.60. The molecule has 0 aliphatic rings. The number of hydrogen-bond donors (Lipinski definition) is 1. The molecule has 0 heterocycles. The molecule has 0 rings (SSSR count). The molecule has 0 radical (unpaired) electrons. The Morgan fingerprint density at radius 3 is 2.07 bits per heavy atom. The van der Waals surface area contributed by atoms with E-state index in [4.69, 9.17) is 4.55 Å². The van der Waals surface area contributed by atoms with Crippen molar-refractivity contribution in [1.82, 2.24) is 0 Å². The summed E-state index contributed by atoms with van der Waals surface area (Å²) in [5.41, 5.74) is 0.150. The molecule has 1 atom stereocenters. The van der Waals surface area contributed by atoms with Crippen molar-refractivity contribution in [2.75, 3.05) is 0 Å². The normalized spacial score (nSPS) is 14.6. The predicted octanol–water partition coefficient (Wildman–Crippen LogP) is 1.20. The molecule has 14 heavy (non-hydrogen) atoms. The van der Waals surface area contributed by atoms with Gasteiger partial charge in [-0.15, -0.1) is 0 Å². The van der Waals surface area contributed by atoms with Crippen LogP contribution in [0.3, 0.4) is 0 Å². The van der Waals surface area contributed by atoms with E-state index in [1.807, 2.05) is 0 Å². The van der Waals surface area contributed by atoms with E-state index in [0.29, 0.717) is 6.42 Å². The van der Waals surface area contributed by atoms with E-state index in [1.165, 1.54) is 0 Å². The molecule has 5 nitrogen and oxygen atoms in total. The first kappa shape index (κ1) is 16.3. The Hall–Kier alpha value is -0.170. The zero-order chi connectivity index (χ0) is 10.7. The second kappa shape index (κ2) is 5.65. The summed E-state index contributed by atoms with van der Waals surface area (Å²) >= 11 is 0. The van der Waals surface area contributed by atoms with E-state index < -0.39 is 16.5 Å². The first-order valence-corrected chi connectivity index (χ1v) is 5.62. The molecule has 0 saturated heterocycles. The molecule has 0 aromatic rings. The fourth-order valence-electron chi connectivity index (χ4n) is 0.892. The molecule has 0 aromatic carbocycles. The van der Waals surface area contributed by atoms with Gasteiger partial charge < -0.3 is 5.48 Å². The molecule has 0 amide bonds. The average molecular weight is 228 g/mol. The zero-order valence-electron chi connectivity index (χ0n) is 9.07. The maximum Gasteiger partial charge on any atom is 0.397 e. The monoisotopic (exact) mass is 228 g/mol. The van der Waals surface area contributed by atoms with Gasteiger partial charge in [-0.05, 0) is 25.2 Å². The van der Waals surface area contributed by atoms with Gasteiger partial charge in [-0.2, -0.15) is 8.42 Å². The molecule has 6 heteroatoms. The Morgan fingerprint density at radius 1 is 1.36 bits per heavy atom. The van der Waals surface area contributed by atoms with Gasteiger partial charge in [0.05, 0.1) is 6.10 Å². The molecular weight excluding hydrogens is 208 g/mol. The second-order valence-electron chi connectivity index (χ2n) is 4.43. The van der Waals surface area contributed by atoms with E-state index in [2.05, 4.69) is 25.0 Å². The molecule has 0 aliphatic heterocycles. The second-order valence-corrected chi connectivity index (χ2v) is 5.48. The van der Waals surface area contributed by atoms with Crippen LogP contribution in [0, 0.1) is 5.41 Å². The predicted molar refractivity (Wildman–Crippen MR) is 54.4 cm³/mol. The van der Waals surface area contributed by atoms with Crippen molar-refractivity contribution in [3.05, 3.63) is 0 Å².